The molecule has 0 spiro atoms. The highest BCUT2D eigenvalue weighted by molar-refractivity contribution is 5.85. The second-order valence-electron chi connectivity index (χ2n) is 5.12. The van der Waals surface area contributed by atoms with Crippen molar-refractivity contribution >= 4 is 16.5 Å². The number of hydrogen-bond donors (Lipinski definition) is 0. The smallest absolute Gasteiger partial charge is 0.101 e. The average molecular weight is 272 g/mol. The summed E-state index contributed by atoms with van der Waals surface area (Å²) in [5, 5.41) is 11.7. The van der Waals surface area contributed by atoms with Gasteiger partial charge in [-0.25, -0.2) is 0 Å². The number of para-hydroxylation sites is 1. The van der Waals surface area contributed by atoms with E-state index in [9.17, 15) is 5.26 Å². The molecule has 0 aliphatic carbocycles. The number of rotatable bonds is 3. The molecule has 3 aromatic carbocycles. The first-order chi connectivity index (χ1) is 10.3. The zero-order valence-electron chi connectivity index (χ0n) is 12.0. The SMILES string of the molecule is CN(Cc1cccc2ccccc12)c1ccccc1C#N. The molecule has 0 saturated heterocycles. The monoisotopic (exact) mass is 272 g/mol. The Bertz CT molecular complexity index is 810. The lowest BCUT2D eigenvalue weighted by molar-refractivity contribution is 0.928. The summed E-state index contributed by atoms with van der Waals surface area (Å²) in [6.45, 7) is 0.778. The van der Waals surface area contributed by atoms with Gasteiger partial charge in [0.05, 0.1) is 11.3 Å². The van der Waals surface area contributed by atoms with Gasteiger partial charge in [0.1, 0.15) is 6.07 Å². The molecule has 0 aliphatic heterocycles. The van der Waals surface area contributed by atoms with Gasteiger partial charge in [-0.05, 0) is 28.5 Å². The number of benzene rings is 3. The van der Waals surface area contributed by atoms with Crippen molar-refractivity contribution in [1.29, 1.82) is 5.26 Å². The quantitative estimate of drug-likeness (QED) is 0.709. The fourth-order valence-electron chi connectivity index (χ4n) is 2.67. The van der Waals surface area contributed by atoms with Gasteiger partial charge in [-0.15, -0.1) is 0 Å². The van der Waals surface area contributed by atoms with E-state index in [0.29, 0.717) is 5.56 Å². The molecule has 0 aromatic heterocycles. The van der Waals surface area contributed by atoms with E-state index < -0.39 is 0 Å². The lowest BCUT2D eigenvalue weighted by Crippen LogP contribution is -2.17. The Kier molecular flexibility index (Phi) is 3.57. The van der Waals surface area contributed by atoms with Crippen molar-refractivity contribution in [3.05, 3.63) is 77.9 Å². The number of hydrogen-bond acceptors (Lipinski definition) is 2. The molecule has 0 fully saturated rings. The Balaban J connectivity index is 1.97. The molecule has 0 aliphatic rings. The summed E-state index contributed by atoms with van der Waals surface area (Å²) >= 11 is 0. The minimum atomic E-state index is 0.709. The number of anilines is 1. The summed E-state index contributed by atoms with van der Waals surface area (Å²) in [5.74, 6) is 0. The van der Waals surface area contributed by atoms with Gasteiger partial charge in [-0.3, -0.25) is 0 Å². The standard InChI is InChI=1S/C19H16N2/c1-21(19-12-5-3-8-16(19)13-20)14-17-10-6-9-15-7-2-4-11-18(15)17/h2-12H,14H2,1H3. The van der Waals surface area contributed by atoms with Crippen molar-refractivity contribution in [1.82, 2.24) is 0 Å². The molecule has 0 N–H and O–H groups in total. The highest BCUT2D eigenvalue weighted by atomic mass is 15.1. The van der Waals surface area contributed by atoms with Crippen LogP contribution in [-0.2, 0) is 6.54 Å². The van der Waals surface area contributed by atoms with Crippen LogP contribution in [0.4, 0.5) is 5.69 Å². The topological polar surface area (TPSA) is 27.0 Å². The fourth-order valence-corrected chi connectivity index (χ4v) is 2.67. The van der Waals surface area contributed by atoms with Gasteiger partial charge in [0.15, 0.2) is 0 Å². The number of fused-ring (bicyclic) bond motifs is 1. The normalized spacial score (nSPS) is 10.3. The molecule has 3 aromatic rings. The van der Waals surface area contributed by atoms with E-state index in [1.807, 2.05) is 31.3 Å². The van der Waals surface area contributed by atoms with Crippen LogP contribution < -0.4 is 4.90 Å². The molecule has 0 unspecified atom stereocenters. The van der Waals surface area contributed by atoms with E-state index in [0.717, 1.165) is 12.2 Å². The first kappa shape index (κ1) is 13.2. The second-order valence-corrected chi connectivity index (χ2v) is 5.12. The van der Waals surface area contributed by atoms with Gasteiger partial charge < -0.3 is 4.90 Å². The van der Waals surface area contributed by atoms with Crippen LogP contribution >= 0.6 is 0 Å². The van der Waals surface area contributed by atoms with E-state index in [4.69, 9.17) is 0 Å². The first-order valence-corrected chi connectivity index (χ1v) is 6.96. The Morgan fingerprint density at radius 3 is 2.48 bits per heavy atom. The molecule has 2 heteroatoms. The Morgan fingerprint density at radius 1 is 0.905 bits per heavy atom. The highest BCUT2D eigenvalue weighted by Gasteiger charge is 2.08. The minimum Gasteiger partial charge on any atom is -0.369 e. The molecule has 3 rings (SSSR count). The molecular weight excluding hydrogens is 256 g/mol. The van der Waals surface area contributed by atoms with Crippen LogP contribution in [0.25, 0.3) is 10.8 Å². The summed E-state index contributed by atoms with van der Waals surface area (Å²) in [6.07, 6.45) is 0. The predicted molar refractivity (Wildman–Crippen MR) is 87.2 cm³/mol. The molecule has 0 radical (unpaired) electrons. The third-order valence-corrected chi connectivity index (χ3v) is 3.72. The van der Waals surface area contributed by atoms with Gasteiger partial charge >= 0.3 is 0 Å². The van der Waals surface area contributed by atoms with Crippen LogP contribution in [0.1, 0.15) is 11.1 Å². The zero-order valence-corrected chi connectivity index (χ0v) is 12.0. The van der Waals surface area contributed by atoms with Crippen LogP contribution in [0.3, 0.4) is 0 Å². The largest absolute Gasteiger partial charge is 0.369 e. The van der Waals surface area contributed by atoms with E-state index in [1.165, 1.54) is 16.3 Å². The Morgan fingerprint density at radius 2 is 1.62 bits per heavy atom. The maximum atomic E-state index is 9.23. The van der Waals surface area contributed by atoms with Crippen molar-refractivity contribution in [2.45, 2.75) is 6.54 Å². The summed E-state index contributed by atoms with van der Waals surface area (Å²) in [6, 6.07) is 24.7. The summed E-state index contributed by atoms with van der Waals surface area (Å²) in [4.78, 5) is 2.13. The van der Waals surface area contributed by atoms with Crippen molar-refractivity contribution in [2.75, 3.05) is 11.9 Å². The van der Waals surface area contributed by atoms with Crippen LogP contribution in [0.5, 0.6) is 0 Å². The average Bonchev–Trinajstić information content (AvgIpc) is 2.55. The number of nitriles is 1. The van der Waals surface area contributed by atoms with Gasteiger partial charge in [0.25, 0.3) is 0 Å². The van der Waals surface area contributed by atoms with Gasteiger partial charge in [-0.2, -0.15) is 5.26 Å². The van der Waals surface area contributed by atoms with E-state index in [1.54, 1.807) is 0 Å². The van der Waals surface area contributed by atoms with E-state index in [-0.39, 0.29) is 0 Å². The van der Waals surface area contributed by atoms with Crippen molar-refractivity contribution in [3.8, 4) is 6.07 Å². The van der Waals surface area contributed by atoms with E-state index >= 15 is 0 Å². The van der Waals surface area contributed by atoms with Crippen molar-refractivity contribution in [3.63, 3.8) is 0 Å². The minimum absolute atomic E-state index is 0.709. The molecule has 0 saturated carbocycles. The third kappa shape index (κ3) is 2.59. The van der Waals surface area contributed by atoms with Gasteiger partial charge in [0, 0.05) is 13.6 Å². The summed E-state index contributed by atoms with van der Waals surface area (Å²) < 4.78 is 0. The predicted octanol–water partition coefficient (Wildman–Crippen LogP) is 4.35. The highest BCUT2D eigenvalue weighted by Crippen LogP contribution is 2.24. The summed E-state index contributed by atoms with van der Waals surface area (Å²) in [5.41, 5.74) is 2.94. The third-order valence-electron chi connectivity index (χ3n) is 3.72. The molecule has 0 amide bonds. The lowest BCUT2D eigenvalue weighted by atomic mass is 10.0. The maximum Gasteiger partial charge on any atom is 0.101 e. The van der Waals surface area contributed by atoms with Gasteiger partial charge in [-0.1, -0.05) is 54.6 Å². The molecular formula is C19H16N2. The Labute approximate surface area is 124 Å². The zero-order chi connectivity index (χ0) is 14.7. The van der Waals surface area contributed by atoms with Gasteiger partial charge in [0.2, 0.25) is 0 Å². The van der Waals surface area contributed by atoms with Crippen LogP contribution in [0, 0.1) is 11.3 Å². The molecule has 0 atom stereocenters. The second kappa shape index (κ2) is 5.68. The summed E-state index contributed by atoms with van der Waals surface area (Å²) in [7, 11) is 2.03. The van der Waals surface area contributed by atoms with Crippen molar-refractivity contribution < 1.29 is 0 Å². The molecule has 2 nitrogen and oxygen atoms in total. The van der Waals surface area contributed by atoms with Crippen LogP contribution in [0.15, 0.2) is 66.7 Å². The molecule has 102 valence electrons. The molecule has 0 heterocycles. The number of nitrogens with zero attached hydrogens (tertiary/aromatic N) is 2. The Hall–Kier alpha value is -2.79. The molecule has 21 heavy (non-hydrogen) atoms. The lowest BCUT2D eigenvalue weighted by Gasteiger charge is -2.21. The first-order valence-electron chi connectivity index (χ1n) is 6.96. The van der Waals surface area contributed by atoms with Crippen molar-refractivity contribution in [2.24, 2.45) is 0 Å². The fraction of sp³-hybridized carbons (Fsp3) is 0.105. The molecule has 0 bridgehead atoms. The van der Waals surface area contributed by atoms with Crippen LogP contribution in [-0.4, -0.2) is 7.05 Å². The maximum absolute atomic E-state index is 9.23. The van der Waals surface area contributed by atoms with Crippen LogP contribution in [0.2, 0.25) is 0 Å². The van der Waals surface area contributed by atoms with E-state index in [2.05, 4.69) is 53.4 Å².